The summed E-state index contributed by atoms with van der Waals surface area (Å²) in [5.41, 5.74) is 4.72. The van der Waals surface area contributed by atoms with Gasteiger partial charge >= 0.3 is 0 Å². The van der Waals surface area contributed by atoms with Gasteiger partial charge < -0.3 is 5.32 Å². The van der Waals surface area contributed by atoms with Crippen LogP contribution in [-0.2, 0) is 7.05 Å². The molecular formula is C24H19N3O2. The first-order valence-electron chi connectivity index (χ1n) is 9.22. The van der Waals surface area contributed by atoms with Crippen molar-refractivity contribution in [2.75, 3.05) is 5.32 Å². The fourth-order valence-corrected chi connectivity index (χ4v) is 3.06. The normalized spacial score (nSPS) is 10.5. The zero-order valence-corrected chi connectivity index (χ0v) is 15.9. The van der Waals surface area contributed by atoms with Gasteiger partial charge in [-0.05, 0) is 41.5 Å². The molecular weight excluding hydrogens is 362 g/mol. The number of aryl methyl sites for hydroxylation is 1. The molecule has 5 nitrogen and oxygen atoms in total. The van der Waals surface area contributed by atoms with Crippen molar-refractivity contribution in [3.8, 4) is 22.4 Å². The van der Waals surface area contributed by atoms with Gasteiger partial charge in [-0.15, -0.1) is 0 Å². The molecule has 0 aliphatic heterocycles. The lowest BCUT2D eigenvalue weighted by Crippen LogP contribution is -2.18. The second-order valence-electron chi connectivity index (χ2n) is 6.66. The Hall–Kier alpha value is -3.99. The summed E-state index contributed by atoms with van der Waals surface area (Å²) in [4.78, 5) is 24.2. The van der Waals surface area contributed by atoms with Crippen LogP contribution in [0.5, 0.6) is 0 Å². The molecule has 0 unspecified atom stereocenters. The highest BCUT2D eigenvalue weighted by molar-refractivity contribution is 6.04. The van der Waals surface area contributed by atoms with Crippen molar-refractivity contribution in [2.45, 2.75) is 0 Å². The highest BCUT2D eigenvalue weighted by Gasteiger charge is 2.08. The lowest BCUT2D eigenvalue weighted by Gasteiger charge is -2.09. The number of nitrogens with one attached hydrogen (secondary N) is 1. The lowest BCUT2D eigenvalue weighted by molar-refractivity contribution is 0.102. The van der Waals surface area contributed by atoms with Gasteiger partial charge in [-0.3, -0.25) is 9.59 Å². The molecule has 0 atom stereocenters. The van der Waals surface area contributed by atoms with Crippen molar-refractivity contribution in [3.63, 3.8) is 0 Å². The van der Waals surface area contributed by atoms with Crippen LogP contribution in [0.25, 0.3) is 22.4 Å². The second-order valence-corrected chi connectivity index (χ2v) is 6.66. The van der Waals surface area contributed by atoms with E-state index in [4.69, 9.17) is 0 Å². The Kier molecular flexibility index (Phi) is 5.03. The Morgan fingerprint density at radius 1 is 0.793 bits per heavy atom. The minimum Gasteiger partial charge on any atom is -0.322 e. The molecule has 0 fully saturated rings. The van der Waals surface area contributed by atoms with E-state index in [1.54, 1.807) is 13.1 Å². The maximum absolute atomic E-state index is 12.6. The minimum atomic E-state index is -0.185. The summed E-state index contributed by atoms with van der Waals surface area (Å²) in [5.74, 6) is -0.185. The number of benzene rings is 3. The van der Waals surface area contributed by atoms with Crippen molar-refractivity contribution in [2.24, 2.45) is 7.05 Å². The highest BCUT2D eigenvalue weighted by Crippen LogP contribution is 2.22. The van der Waals surface area contributed by atoms with E-state index in [-0.39, 0.29) is 11.5 Å². The molecule has 0 saturated carbocycles. The van der Waals surface area contributed by atoms with E-state index in [0.717, 1.165) is 16.7 Å². The van der Waals surface area contributed by atoms with Crippen molar-refractivity contribution >= 4 is 11.6 Å². The summed E-state index contributed by atoms with van der Waals surface area (Å²) in [6.45, 7) is 0. The molecule has 1 N–H and O–H groups in total. The molecule has 0 radical (unpaired) electrons. The van der Waals surface area contributed by atoms with Gasteiger partial charge in [0.05, 0.1) is 5.69 Å². The number of amides is 1. The molecule has 1 aromatic heterocycles. The summed E-state index contributed by atoms with van der Waals surface area (Å²) in [6, 6.07) is 28.1. The first-order valence-corrected chi connectivity index (χ1v) is 9.22. The van der Waals surface area contributed by atoms with Gasteiger partial charge in [0.25, 0.3) is 11.5 Å². The fraction of sp³-hybridized carbons (Fsp3) is 0.0417. The molecule has 4 aromatic rings. The number of carbonyl (C=O) groups excluding carboxylic acids is 1. The number of anilines is 1. The summed E-state index contributed by atoms with van der Waals surface area (Å²) in [7, 11) is 1.61. The molecule has 3 aromatic carbocycles. The molecule has 5 heteroatoms. The zero-order valence-electron chi connectivity index (χ0n) is 15.9. The SMILES string of the molecule is Cn1nc(-c2cccc(NC(=O)c3ccc(-c4ccccc4)cc3)c2)ccc1=O. The number of hydrogen-bond acceptors (Lipinski definition) is 3. The predicted octanol–water partition coefficient (Wildman–Crippen LogP) is 4.37. The van der Waals surface area contributed by atoms with Gasteiger partial charge in [0, 0.05) is 29.9 Å². The summed E-state index contributed by atoms with van der Waals surface area (Å²) in [5, 5.41) is 7.17. The standard InChI is InChI=1S/C24H19N3O2/c1-27-23(28)15-14-22(26-27)20-8-5-9-21(16-20)25-24(29)19-12-10-18(11-13-19)17-6-3-2-4-7-17/h2-16H,1H3,(H,25,29). The van der Waals surface area contributed by atoms with E-state index in [1.165, 1.54) is 10.7 Å². The Balaban J connectivity index is 1.52. The topological polar surface area (TPSA) is 64.0 Å². The largest absolute Gasteiger partial charge is 0.322 e. The van der Waals surface area contributed by atoms with Gasteiger partial charge in [0.1, 0.15) is 0 Å². The molecule has 29 heavy (non-hydrogen) atoms. The monoisotopic (exact) mass is 381 g/mol. The Morgan fingerprint density at radius 2 is 1.48 bits per heavy atom. The number of carbonyl (C=O) groups is 1. The third-order valence-electron chi connectivity index (χ3n) is 4.63. The fourth-order valence-electron chi connectivity index (χ4n) is 3.06. The lowest BCUT2D eigenvalue weighted by atomic mass is 10.0. The zero-order chi connectivity index (χ0) is 20.2. The van der Waals surface area contributed by atoms with Crippen molar-refractivity contribution in [1.82, 2.24) is 9.78 Å². The molecule has 4 rings (SSSR count). The van der Waals surface area contributed by atoms with Crippen molar-refractivity contribution < 1.29 is 4.79 Å². The minimum absolute atomic E-state index is 0.169. The van der Waals surface area contributed by atoms with Crippen LogP contribution in [-0.4, -0.2) is 15.7 Å². The van der Waals surface area contributed by atoms with E-state index >= 15 is 0 Å². The summed E-state index contributed by atoms with van der Waals surface area (Å²) < 4.78 is 1.29. The third-order valence-corrected chi connectivity index (χ3v) is 4.63. The summed E-state index contributed by atoms with van der Waals surface area (Å²) in [6.07, 6.45) is 0. The van der Waals surface area contributed by atoms with E-state index in [0.29, 0.717) is 16.9 Å². The number of aromatic nitrogens is 2. The predicted molar refractivity (Wildman–Crippen MR) is 115 cm³/mol. The molecule has 0 spiro atoms. The van der Waals surface area contributed by atoms with E-state index in [1.807, 2.05) is 78.9 Å². The van der Waals surface area contributed by atoms with Crippen LogP contribution in [0, 0.1) is 0 Å². The van der Waals surface area contributed by atoms with E-state index in [2.05, 4.69) is 10.4 Å². The van der Waals surface area contributed by atoms with Crippen LogP contribution in [0.2, 0.25) is 0 Å². The van der Waals surface area contributed by atoms with E-state index in [9.17, 15) is 9.59 Å². The van der Waals surface area contributed by atoms with Crippen LogP contribution in [0.3, 0.4) is 0 Å². The number of nitrogens with zero attached hydrogens (tertiary/aromatic N) is 2. The maximum Gasteiger partial charge on any atom is 0.266 e. The molecule has 1 heterocycles. The molecule has 1 amide bonds. The van der Waals surface area contributed by atoms with Crippen LogP contribution >= 0.6 is 0 Å². The molecule has 0 bridgehead atoms. The molecule has 0 aliphatic carbocycles. The average Bonchev–Trinajstić information content (AvgIpc) is 2.76. The Bertz CT molecular complexity index is 1210. The number of hydrogen-bond donors (Lipinski definition) is 1. The van der Waals surface area contributed by atoms with Crippen molar-refractivity contribution in [1.29, 1.82) is 0 Å². The summed E-state index contributed by atoms with van der Waals surface area (Å²) >= 11 is 0. The molecule has 142 valence electrons. The number of rotatable bonds is 4. The van der Waals surface area contributed by atoms with Crippen molar-refractivity contribution in [3.05, 3.63) is 107 Å². The van der Waals surface area contributed by atoms with Gasteiger partial charge in [-0.25, -0.2) is 4.68 Å². The smallest absolute Gasteiger partial charge is 0.266 e. The van der Waals surface area contributed by atoms with E-state index < -0.39 is 0 Å². The third kappa shape index (κ3) is 4.14. The second kappa shape index (κ2) is 7.94. The quantitative estimate of drug-likeness (QED) is 0.571. The van der Waals surface area contributed by atoms with Gasteiger partial charge in [0.15, 0.2) is 0 Å². The van der Waals surface area contributed by atoms with Gasteiger partial charge in [-0.1, -0.05) is 54.6 Å². The van der Waals surface area contributed by atoms with Gasteiger partial charge in [0.2, 0.25) is 0 Å². The van der Waals surface area contributed by atoms with Crippen LogP contribution < -0.4 is 10.9 Å². The van der Waals surface area contributed by atoms with Crippen LogP contribution in [0.4, 0.5) is 5.69 Å². The molecule has 0 saturated heterocycles. The average molecular weight is 381 g/mol. The van der Waals surface area contributed by atoms with Crippen LogP contribution in [0.15, 0.2) is 95.8 Å². The molecule has 0 aliphatic rings. The first-order chi connectivity index (χ1) is 14.1. The maximum atomic E-state index is 12.6. The first kappa shape index (κ1) is 18.4. The highest BCUT2D eigenvalue weighted by atomic mass is 16.1. The Morgan fingerprint density at radius 3 is 2.21 bits per heavy atom. The van der Waals surface area contributed by atoms with Crippen LogP contribution in [0.1, 0.15) is 10.4 Å². The Labute approximate surface area is 168 Å². The van der Waals surface area contributed by atoms with Gasteiger partial charge in [-0.2, -0.15) is 5.10 Å².